The number of likely N-dealkylation sites (tertiary alicyclic amines) is 1. The van der Waals surface area contributed by atoms with Gasteiger partial charge in [-0.2, -0.15) is 0 Å². The number of carbonyl (C=O) groups is 1. The molecule has 0 aliphatic carbocycles. The SMILES string of the molecule is CCc1nc(C(=O)N2CCCCC2CNS(C)(=O)=O)n[nH]1. The number of carbonyl (C=O) groups excluding carboxylic acids is 1. The van der Waals surface area contributed by atoms with E-state index in [4.69, 9.17) is 0 Å². The number of aromatic nitrogens is 3. The molecule has 1 unspecified atom stereocenters. The minimum atomic E-state index is -3.26. The van der Waals surface area contributed by atoms with Gasteiger partial charge in [0.1, 0.15) is 5.82 Å². The maximum Gasteiger partial charge on any atom is 0.293 e. The van der Waals surface area contributed by atoms with Gasteiger partial charge >= 0.3 is 0 Å². The second-order valence-corrected chi connectivity index (χ2v) is 7.06. The van der Waals surface area contributed by atoms with Crippen LogP contribution >= 0.6 is 0 Å². The zero-order chi connectivity index (χ0) is 15.5. The Bertz CT molecular complexity index is 598. The molecule has 1 aliphatic heterocycles. The summed E-state index contributed by atoms with van der Waals surface area (Å²) in [5, 5.41) is 6.67. The van der Waals surface area contributed by atoms with Crippen LogP contribution < -0.4 is 4.72 Å². The minimum Gasteiger partial charge on any atom is -0.332 e. The molecular weight excluding hydrogens is 294 g/mol. The Morgan fingerprint density at radius 2 is 2.24 bits per heavy atom. The number of nitrogens with one attached hydrogen (secondary N) is 2. The van der Waals surface area contributed by atoms with Gasteiger partial charge in [-0.3, -0.25) is 9.89 Å². The summed E-state index contributed by atoms with van der Waals surface area (Å²) in [7, 11) is -3.26. The summed E-state index contributed by atoms with van der Waals surface area (Å²) in [5.41, 5.74) is 0. The number of sulfonamides is 1. The maximum atomic E-state index is 12.5. The molecule has 0 spiro atoms. The Balaban J connectivity index is 2.08. The van der Waals surface area contributed by atoms with E-state index in [1.165, 1.54) is 0 Å². The number of hydrogen-bond acceptors (Lipinski definition) is 5. The maximum absolute atomic E-state index is 12.5. The van der Waals surface area contributed by atoms with Crippen molar-refractivity contribution in [1.29, 1.82) is 0 Å². The predicted octanol–water partition coefficient (Wildman–Crippen LogP) is -0.0890. The lowest BCUT2D eigenvalue weighted by atomic mass is 10.0. The summed E-state index contributed by atoms with van der Waals surface area (Å²) in [6, 6.07) is -0.149. The lowest BCUT2D eigenvalue weighted by molar-refractivity contribution is 0.0606. The van der Waals surface area contributed by atoms with Crippen LogP contribution in [-0.4, -0.2) is 59.8 Å². The molecule has 0 bridgehead atoms. The van der Waals surface area contributed by atoms with Gasteiger partial charge in [-0.1, -0.05) is 6.92 Å². The highest BCUT2D eigenvalue weighted by atomic mass is 32.2. The van der Waals surface area contributed by atoms with Crippen LogP contribution in [-0.2, 0) is 16.4 Å². The van der Waals surface area contributed by atoms with Gasteiger partial charge in [-0.25, -0.2) is 18.1 Å². The molecule has 1 amide bonds. The number of nitrogens with zero attached hydrogens (tertiary/aromatic N) is 3. The van der Waals surface area contributed by atoms with Crippen molar-refractivity contribution in [2.75, 3.05) is 19.3 Å². The quantitative estimate of drug-likeness (QED) is 0.789. The van der Waals surface area contributed by atoms with Crippen LogP contribution in [0, 0.1) is 0 Å². The van der Waals surface area contributed by atoms with Crippen LogP contribution in [0.4, 0.5) is 0 Å². The van der Waals surface area contributed by atoms with E-state index >= 15 is 0 Å². The third kappa shape index (κ3) is 4.24. The second kappa shape index (κ2) is 6.52. The summed E-state index contributed by atoms with van der Waals surface area (Å²) < 4.78 is 24.9. The topological polar surface area (TPSA) is 108 Å². The zero-order valence-corrected chi connectivity index (χ0v) is 13.1. The molecule has 2 heterocycles. The molecule has 1 atom stereocenters. The number of piperidine rings is 1. The molecular formula is C12H21N5O3S. The van der Waals surface area contributed by atoms with E-state index in [0.29, 0.717) is 18.8 Å². The summed E-state index contributed by atoms with van der Waals surface area (Å²) in [6.45, 7) is 2.76. The first-order chi connectivity index (χ1) is 9.90. The van der Waals surface area contributed by atoms with Gasteiger partial charge in [-0.15, -0.1) is 5.10 Å². The van der Waals surface area contributed by atoms with Crippen molar-refractivity contribution in [3.05, 3.63) is 11.6 Å². The van der Waals surface area contributed by atoms with Crippen LogP contribution in [0.3, 0.4) is 0 Å². The Labute approximate surface area is 124 Å². The molecule has 1 aromatic heterocycles. The van der Waals surface area contributed by atoms with E-state index < -0.39 is 10.0 Å². The largest absolute Gasteiger partial charge is 0.332 e. The molecule has 1 aliphatic rings. The van der Waals surface area contributed by atoms with E-state index in [1.807, 2.05) is 6.92 Å². The third-order valence-electron chi connectivity index (χ3n) is 3.53. The van der Waals surface area contributed by atoms with Crippen LogP contribution in [0.15, 0.2) is 0 Å². The zero-order valence-electron chi connectivity index (χ0n) is 12.3. The number of H-pyrrole nitrogens is 1. The average molecular weight is 315 g/mol. The van der Waals surface area contributed by atoms with E-state index in [-0.39, 0.29) is 24.3 Å². The highest BCUT2D eigenvalue weighted by molar-refractivity contribution is 7.88. The van der Waals surface area contributed by atoms with Crippen LogP contribution in [0.25, 0.3) is 0 Å². The summed E-state index contributed by atoms with van der Waals surface area (Å²) in [4.78, 5) is 18.3. The summed E-state index contributed by atoms with van der Waals surface area (Å²) in [5.74, 6) is 0.574. The normalized spacial score (nSPS) is 19.7. The molecule has 9 heteroatoms. The Kier molecular flexibility index (Phi) is 4.94. The molecule has 118 valence electrons. The Morgan fingerprint density at radius 3 is 2.86 bits per heavy atom. The van der Waals surface area contributed by atoms with E-state index in [1.54, 1.807) is 4.90 Å². The standard InChI is InChI=1S/C12H21N5O3S/c1-3-10-14-11(16-15-10)12(18)17-7-5-4-6-9(17)8-13-21(2,19)20/h9,13H,3-8H2,1-2H3,(H,14,15,16). The molecule has 2 N–H and O–H groups in total. The first-order valence-corrected chi connectivity index (χ1v) is 8.96. The van der Waals surface area contributed by atoms with Gasteiger partial charge < -0.3 is 4.90 Å². The van der Waals surface area contributed by atoms with Gasteiger partial charge in [0, 0.05) is 25.6 Å². The van der Waals surface area contributed by atoms with Crippen molar-refractivity contribution in [1.82, 2.24) is 24.8 Å². The van der Waals surface area contributed by atoms with Crippen molar-refractivity contribution in [2.24, 2.45) is 0 Å². The summed E-state index contributed by atoms with van der Waals surface area (Å²) in [6.07, 6.45) is 4.46. The van der Waals surface area contributed by atoms with Crippen molar-refractivity contribution in [3.8, 4) is 0 Å². The molecule has 8 nitrogen and oxygen atoms in total. The van der Waals surface area contributed by atoms with E-state index in [9.17, 15) is 13.2 Å². The highest BCUT2D eigenvalue weighted by Crippen LogP contribution is 2.18. The Hall–Kier alpha value is -1.48. The number of aryl methyl sites for hydroxylation is 1. The average Bonchev–Trinajstić information content (AvgIpc) is 2.93. The van der Waals surface area contributed by atoms with Crippen LogP contribution in [0.5, 0.6) is 0 Å². The number of aromatic amines is 1. The van der Waals surface area contributed by atoms with Crippen molar-refractivity contribution >= 4 is 15.9 Å². The van der Waals surface area contributed by atoms with E-state index in [0.717, 1.165) is 25.5 Å². The van der Waals surface area contributed by atoms with E-state index in [2.05, 4.69) is 19.9 Å². The molecule has 1 aromatic rings. The van der Waals surface area contributed by atoms with Crippen molar-refractivity contribution in [3.63, 3.8) is 0 Å². The number of rotatable bonds is 5. The molecule has 1 saturated heterocycles. The van der Waals surface area contributed by atoms with Gasteiger partial charge in [0.05, 0.1) is 6.26 Å². The van der Waals surface area contributed by atoms with Gasteiger partial charge in [0.2, 0.25) is 15.8 Å². The Morgan fingerprint density at radius 1 is 1.48 bits per heavy atom. The van der Waals surface area contributed by atoms with Crippen molar-refractivity contribution in [2.45, 2.75) is 38.6 Å². The second-order valence-electron chi connectivity index (χ2n) is 5.23. The molecule has 21 heavy (non-hydrogen) atoms. The minimum absolute atomic E-state index is 0.149. The third-order valence-corrected chi connectivity index (χ3v) is 4.22. The predicted molar refractivity (Wildman–Crippen MR) is 77.3 cm³/mol. The fourth-order valence-corrected chi connectivity index (χ4v) is 2.90. The fourth-order valence-electron chi connectivity index (χ4n) is 2.41. The first-order valence-electron chi connectivity index (χ1n) is 7.07. The number of amides is 1. The molecule has 0 saturated carbocycles. The van der Waals surface area contributed by atoms with Gasteiger partial charge in [0.15, 0.2) is 0 Å². The van der Waals surface area contributed by atoms with Crippen molar-refractivity contribution < 1.29 is 13.2 Å². The smallest absolute Gasteiger partial charge is 0.293 e. The number of hydrogen-bond donors (Lipinski definition) is 2. The van der Waals surface area contributed by atoms with Gasteiger partial charge in [0.25, 0.3) is 5.91 Å². The van der Waals surface area contributed by atoms with Gasteiger partial charge in [-0.05, 0) is 19.3 Å². The molecule has 0 radical (unpaired) electrons. The monoisotopic (exact) mass is 315 g/mol. The highest BCUT2D eigenvalue weighted by Gasteiger charge is 2.30. The summed E-state index contributed by atoms with van der Waals surface area (Å²) >= 11 is 0. The lowest BCUT2D eigenvalue weighted by Gasteiger charge is -2.35. The first kappa shape index (κ1) is 15.9. The fraction of sp³-hybridized carbons (Fsp3) is 0.750. The molecule has 0 aromatic carbocycles. The van der Waals surface area contributed by atoms with Crippen LogP contribution in [0.2, 0.25) is 0 Å². The molecule has 2 rings (SSSR count). The van der Waals surface area contributed by atoms with Crippen LogP contribution in [0.1, 0.15) is 42.6 Å². The molecule has 1 fully saturated rings. The lowest BCUT2D eigenvalue weighted by Crippen LogP contribution is -2.49.